The molecule has 0 fully saturated rings. The van der Waals surface area contributed by atoms with Crippen molar-refractivity contribution in [3.63, 3.8) is 0 Å². The maximum absolute atomic E-state index is 13.5. The van der Waals surface area contributed by atoms with Gasteiger partial charge in [-0.3, -0.25) is 19.2 Å². The standard InChI is InChI=1S/C28H32N2O10S2/c1-15-19(9-7-11-21(15)39-17(3)31)23(33)27(29,25(35)37-5)13-41-42-14-28(30,26(36)38-6)24(34)20-10-8-12-22(16(20)2)40-18(4)32/h7-12H,13-14,29-30H2,1-6H3/t27-,28-/m1/s1. The Labute approximate surface area is 250 Å². The molecule has 42 heavy (non-hydrogen) atoms. The Morgan fingerprint density at radius 3 is 1.29 bits per heavy atom. The van der Waals surface area contributed by atoms with Gasteiger partial charge in [-0.2, -0.15) is 0 Å². The molecule has 0 bridgehead atoms. The summed E-state index contributed by atoms with van der Waals surface area (Å²) < 4.78 is 19.9. The van der Waals surface area contributed by atoms with Crippen LogP contribution in [0.1, 0.15) is 45.7 Å². The molecular weight excluding hydrogens is 588 g/mol. The lowest BCUT2D eigenvalue weighted by molar-refractivity contribution is -0.145. The van der Waals surface area contributed by atoms with Crippen molar-refractivity contribution in [1.29, 1.82) is 0 Å². The first-order chi connectivity index (χ1) is 19.6. The third-order valence-corrected chi connectivity index (χ3v) is 8.65. The topological polar surface area (TPSA) is 191 Å². The third kappa shape index (κ3) is 7.56. The quantitative estimate of drug-likeness (QED) is 0.0828. The molecule has 0 unspecified atom stereocenters. The Bertz CT molecular complexity index is 1310. The van der Waals surface area contributed by atoms with Gasteiger partial charge in [-0.05, 0) is 26.0 Å². The number of nitrogens with two attached hydrogens (primary N) is 2. The van der Waals surface area contributed by atoms with E-state index in [1.54, 1.807) is 0 Å². The van der Waals surface area contributed by atoms with Crippen LogP contribution in [0.25, 0.3) is 0 Å². The number of hydrogen-bond donors (Lipinski definition) is 2. The Morgan fingerprint density at radius 1 is 0.667 bits per heavy atom. The lowest BCUT2D eigenvalue weighted by Crippen LogP contribution is -2.58. The third-order valence-electron chi connectivity index (χ3n) is 6.13. The van der Waals surface area contributed by atoms with Crippen LogP contribution in [0.5, 0.6) is 11.5 Å². The highest BCUT2D eigenvalue weighted by molar-refractivity contribution is 8.76. The highest BCUT2D eigenvalue weighted by atomic mass is 33.1. The number of Topliss-reactive ketones (excluding diaryl/α,β-unsaturated/α-hetero) is 2. The van der Waals surface area contributed by atoms with Gasteiger partial charge >= 0.3 is 23.9 Å². The summed E-state index contributed by atoms with van der Waals surface area (Å²) in [6, 6.07) is 8.79. The van der Waals surface area contributed by atoms with E-state index in [0.717, 1.165) is 35.8 Å². The van der Waals surface area contributed by atoms with Crippen LogP contribution in [0, 0.1) is 13.8 Å². The van der Waals surface area contributed by atoms with Gasteiger partial charge in [0.05, 0.1) is 14.2 Å². The summed E-state index contributed by atoms with van der Waals surface area (Å²) in [4.78, 5) is 75.4. The van der Waals surface area contributed by atoms with Crippen molar-refractivity contribution in [1.82, 2.24) is 0 Å². The average Bonchev–Trinajstić information content (AvgIpc) is 2.95. The minimum atomic E-state index is -2.19. The molecule has 2 aromatic carbocycles. The molecule has 0 radical (unpaired) electrons. The maximum atomic E-state index is 13.5. The highest BCUT2D eigenvalue weighted by Gasteiger charge is 2.47. The largest absolute Gasteiger partial charge is 0.467 e. The van der Waals surface area contributed by atoms with Crippen molar-refractivity contribution in [3.05, 3.63) is 58.7 Å². The van der Waals surface area contributed by atoms with Crippen LogP contribution in [0.4, 0.5) is 0 Å². The number of esters is 4. The number of benzene rings is 2. The molecule has 0 heterocycles. The van der Waals surface area contributed by atoms with Crippen LogP contribution in [-0.2, 0) is 28.7 Å². The number of rotatable bonds is 13. The SMILES string of the molecule is COC(=O)[C@@](N)(CSSC[C@](N)(C(=O)OC)C(=O)c1cccc(OC(C)=O)c1C)C(=O)c1cccc(OC(C)=O)c1C. The van der Waals surface area contributed by atoms with Crippen molar-refractivity contribution in [2.45, 2.75) is 38.8 Å². The molecule has 2 rings (SSSR count). The molecule has 0 saturated carbocycles. The molecule has 0 aliphatic carbocycles. The predicted octanol–water partition coefficient (Wildman–Crippen LogP) is 2.34. The fraction of sp³-hybridized carbons (Fsp3) is 0.357. The zero-order valence-corrected chi connectivity index (χ0v) is 25.6. The Morgan fingerprint density at radius 2 is 1.00 bits per heavy atom. The van der Waals surface area contributed by atoms with E-state index in [-0.39, 0.29) is 45.3 Å². The fourth-order valence-corrected chi connectivity index (χ4v) is 6.45. The molecular formula is C28H32N2O10S2. The van der Waals surface area contributed by atoms with E-state index < -0.39 is 46.5 Å². The number of methoxy groups -OCH3 is 2. The van der Waals surface area contributed by atoms with Gasteiger partial charge in [0.1, 0.15) is 11.5 Å². The van der Waals surface area contributed by atoms with E-state index in [9.17, 15) is 28.8 Å². The number of ketones is 2. The normalized spacial score (nSPS) is 13.6. The van der Waals surface area contributed by atoms with Gasteiger partial charge < -0.3 is 30.4 Å². The van der Waals surface area contributed by atoms with Gasteiger partial charge in [0.15, 0.2) is 22.6 Å². The zero-order valence-electron chi connectivity index (χ0n) is 23.9. The number of ether oxygens (including phenoxy) is 4. The Kier molecular flexibility index (Phi) is 11.9. The molecule has 0 aromatic heterocycles. The monoisotopic (exact) mass is 620 g/mol. The second kappa shape index (κ2) is 14.4. The minimum Gasteiger partial charge on any atom is -0.467 e. The zero-order chi connectivity index (χ0) is 31.8. The van der Waals surface area contributed by atoms with Gasteiger partial charge in [0.2, 0.25) is 0 Å². The van der Waals surface area contributed by atoms with Gasteiger partial charge in [0.25, 0.3) is 0 Å². The maximum Gasteiger partial charge on any atom is 0.334 e. The summed E-state index contributed by atoms with van der Waals surface area (Å²) in [7, 11) is 3.96. The van der Waals surface area contributed by atoms with Crippen LogP contribution in [0.2, 0.25) is 0 Å². The van der Waals surface area contributed by atoms with Crippen LogP contribution < -0.4 is 20.9 Å². The fourth-order valence-electron chi connectivity index (χ4n) is 3.80. The highest BCUT2D eigenvalue weighted by Crippen LogP contribution is 2.34. The first kappa shape index (κ1) is 34.5. The molecule has 14 heteroatoms. The van der Waals surface area contributed by atoms with Crippen molar-refractivity contribution in [2.24, 2.45) is 11.5 Å². The summed E-state index contributed by atoms with van der Waals surface area (Å²) in [5.41, 5.74) is 8.90. The summed E-state index contributed by atoms with van der Waals surface area (Å²) in [6.45, 7) is 5.48. The first-order valence-corrected chi connectivity index (χ1v) is 14.8. The minimum absolute atomic E-state index is 0.0355. The van der Waals surface area contributed by atoms with E-state index >= 15 is 0 Å². The molecule has 2 aromatic rings. The Hall–Kier alpha value is -3.72. The van der Waals surface area contributed by atoms with Crippen molar-refractivity contribution in [3.8, 4) is 11.5 Å². The average molecular weight is 621 g/mol. The molecule has 12 nitrogen and oxygen atoms in total. The molecule has 226 valence electrons. The van der Waals surface area contributed by atoms with E-state index in [0.29, 0.717) is 0 Å². The molecule has 2 atom stereocenters. The lowest BCUT2D eigenvalue weighted by Gasteiger charge is -2.27. The second-order valence-corrected chi connectivity index (χ2v) is 11.6. The molecule has 4 N–H and O–H groups in total. The van der Waals surface area contributed by atoms with Crippen molar-refractivity contribution >= 4 is 57.0 Å². The van der Waals surface area contributed by atoms with Crippen LogP contribution >= 0.6 is 21.6 Å². The smallest absolute Gasteiger partial charge is 0.334 e. The molecule has 0 saturated heterocycles. The van der Waals surface area contributed by atoms with E-state index in [1.165, 1.54) is 64.1 Å². The summed E-state index contributed by atoms with van der Waals surface area (Å²) >= 11 is 0. The lowest BCUT2D eigenvalue weighted by atomic mass is 9.89. The van der Waals surface area contributed by atoms with Gasteiger partial charge in [-0.25, -0.2) is 9.59 Å². The van der Waals surface area contributed by atoms with Crippen molar-refractivity contribution in [2.75, 3.05) is 25.7 Å². The number of carbonyl (C=O) groups excluding carboxylic acids is 6. The first-order valence-electron chi connectivity index (χ1n) is 12.3. The van der Waals surface area contributed by atoms with E-state index in [4.69, 9.17) is 30.4 Å². The number of carbonyl (C=O) groups is 6. The Balaban J connectivity index is 2.32. The second-order valence-electron chi connectivity index (χ2n) is 9.15. The summed E-state index contributed by atoms with van der Waals surface area (Å²) in [5, 5.41) is 0. The van der Waals surface area contributed by atoms with E-state index in [2.05, 4.69) is 0 Å². The van der Waals surface area contributed by atoms with Crippen LogP contribution in [0.15, 0.2) is 36.4 Å². The summed E-state index contributed by atoms with van der Waals surface area (Å²) in [6.07, 6.45) is 0. The van der Waals surface area contributed by atoms with Crippen LogP contribution in [0.3, 0.4) is 0 Å². The number of hydrogen-bond acceptors (Lipinski definition) is 14. The predicted molar refractivity (Wildman–Crippen MR) is 156 cm³/mol. The molecule has 0 spiro atoms. The molecule has 0 aliphatic heterocycles. The van der Waals surface area contributed by atoms with Gasteiger partial charge in [-0.1, -0.05) is 45.9 Å². The molecule has 0 amide bonds. The van der Waals surface area contributed by atoms with Crippen molar-refractivity contribution < 1.29 is 47.7 Å². The van der Waals surface area contributed by atoms with E-state index in [1.807, 2.05) is 0 Å². The molecule has 0 aliphatic rings. The van der Waals surface area contributed by atoms with Gasteiger partial charge in [-0.15, -0.1) is 0 Å². The van der Waals surface area contributed by atoms with Gasteiger partial charge in [0, 0.05) is 47.6 Å². The summed E-state index contributed by atoms with van der Waals surface area (Å²) in [5.74, 6) is -5.27. The van der Waals surface area contributed by atoms with Crippen LogP contribution in [-0.4, -0.2) is 72.2 Å².